The van der Waals surface area contributed by atoms with Gasteiger partial charge in [0.1, 0.15) is 0 Å². The van der Waals surface area contributed by atoms with Gasteiger partial charge in [-0.1, -0.05) is 40.7 Å². The van der Waals surface area contributed by atoms with E-state index in [0.717, 1.165) is 6.42 Å². The van der Waals surface area contributed by atoms with Gasteiger partial charge in [-0.2, -0.15) is 0 Å². The minimum atomic E-state index is 1.11. The Morgan fingerprint density at radius 2 is 1.50 bits per heavy atom. The molecule has 0 aromatic rings. The number of nitrogens with one attached hydrogen (secondary N) is 1. The number of allylic oxidation sites excluding steroid dienone is 1. The summed E-state index contributed by atoms with van der Waals surface area (Å²) in [6, 6.07) is 0. The molecule has 0 aromatic heterocycles. The molecule has 0 spiro atoms. The Labute approximate surface area is 66.5 Å². The van der Waals surface area contributed by atoms with Gasteiger partial charge in [0.05, 0.1) is 0 Å². The largest absolute Gasteiger partial charge is 0.394 e. The molecule has 0 bridgehead atoms. The minimum absolute atomic E-state index is 1.11. The standard InChI is InChI=1S/C5H11N.2C2H6/c1-3-4-5-6-2;2*1-2/h4-6H,3H2,1-2H3;2*1-2H3/b5-4-;;. The van der Waals surface area contributed by atoms with Crippen LogP contribution in [0.3, 0.4) is 0 Å². The highest BCUT2D eigenvalue weighted by Gasteiger charge is 1.57. The van der Waals surface area contributed by atoms with E-state index in [2.05, 4.69) is 18.3 Å². The third-order valence-electron chi connectivity index (χ3n) is 0.520. The van der Waals surface area contributed by atoms with E-state index in [9.17, 15) is 0 Å². The first-order chi connectivity index (χ1) is 4.91. The summed E-state index contributed by atoms with van der Waals surface area (Å²) in [6.07, 6.45) is 5.11. The van der Waals surface area contributed by atoms with Crippen molar-refractivity contribution in [2.24, 2.45) is 0 Å². The van der Waals surface area contributed by atoms with E-state index in [-0.39, 0.29) is 0 Å². The molecule has 0 heterocycles. The molecule has 0 atom stereocenters. The van der Waals surface area contributed by atoms with Crippen LogP contribution in [0.2, 0.25) is 0 Å². The van der Waals surface area contributed by atoms with Crippen molar-refractivity contribution in [2.45, 2.75) is 41.0 Å². The van der Waals surface area contributed by atoms with Crippen molar-refractivity contribution >= 4 is 0 Å². The van der Waals surface area contributed by atoms with Crippen molar-refractivity contribution in [1.29, 1.82) is 0 Å². The van der Waals surface area contributed by atoms with Crippen molar-refractivity contribution in [2.75, 3.05) is 7.05 Å². The fraction of sp³-hybridized carbons (Fsp3) is 0.778. The smallest absolute Gasteiger partial charge is 0.00276 e. The molecule has 1 N–H and O–H groups in total. The maximum Gasteiger partial charge on any atom is 0.00276 e. The van der Waals surface area contributed by atoms with Gasteiger partial charge in [0.15, 0.2) is 0 Å². The highest BCUT2D eigenvalue weighted by molar-refractivity contribution is 4.74. The average Bonchev–Trinajstić information content (AvgIpc) is 2.08. The minimum Gasteiger partial charge on any atom is -0.394 e. The molecule has 0 radical (unpaired) electrons. The number of hydrogen-bond donors (Lipinski definition) is 1. The van der Waals surface area contributed by atoms with Gasteiger partial charge in [-0.15, -0.1) is 0 Å². The van der Waals surface area contributed by atoms with Crippen molar-refractivity contribution in [3.63, 3.8) is 0 Å². The van der Waals surface area contributed by atoms with E-state index in [1.807, 2.05) is 40.9 Å². The summed E-state index contributed by atoms with van der Waals surface area (Å²) in [6.45, 7) is 10.1. The van der Waals surface area contributed by atoms with Crippen LogP contribution in [0.25, 0.3) is 0 Å². The SMILES string of the molecule is CC.CC.CC/C=C\NC. The molecular formula is C9H23N. The quantitative estimate of drug-likeness (QED) is 0.629. The van der Waals surface area contributed by atoms with E-state index in [0.29, 0.717) is 0 Å². The van der Waals surface area contributed by atoms with Crippen LogP contribution in [0.5, 0.6) is 0 Å². The molecule has 0 rings (SSSR count). The molecule has 0 aromatic carbocycles. The molecule has 1 heteroatoms. The van der Waals surface area contributed by atoms with Gasteiger partial charge in [0.25, 0.3) is 0 Å². The van der Waals surface area contributed by atoms with Crippen molar-refractivity contribution < 1.29 is 0 Å². The fourth-order valence-electron chi connectivity index (χ4n) is 0.236. The van der Waals surface area contributed by atoms with E-state index in [1.165, 1.54) is 0 Å². The van der Waals surface area contributed by atoms with Crippen molar-refractivity contribution in [1.82, 2.24) is 5.32 Å². The second kappa shape index (κ2) is 38.7. The molecule has 1 nitrogen and oxygen atoms in total. The molecule has 64 valence electrons. The maximum absolute atomic E-state index is 2.89. The fourth-order valence-corrected chi connectivity index (χ4v) is 0.236. The lowest BCUT2D eigenvalue weighted by Gasteiger charge is -1.79. The van der Waals surface area contributed by atoms with Gasteiger partial charge in [0.2, 0.25) is 0 Å². The maximum atomic E-state index is 2.89. The van der Waals surface area contributed by atoms with Crippen molar-refractivity contribution in [3.05, 3.63) is 12.3 Å². The van der Waals surface area contributed by atoms with E-state index in [1.54, 1.807) is 0 Å². The number of hydrogen-bond acceptors (Lipinski definition) is 1. The summed E-state index contributed by atoms with van der Waals surface area (Å²) in [7, 11) is 1.90. The molecule has 0 amide bonds. The third kappa shape index (κ3) is 50.0. The first kappa shape index (κ1) is 16.3. The molecule has 10 heavy (non-hydrogen) atoms. The highest BCUT2D eigenvalue weighted by atomic mass is 14.8. The molecule has 0 saturated heterocycles. The number of rotatable bonds is 2. The normalized spacial score (nSPS) is 7.00. The lowest BCUT2D eigenvalue weighted by atomic mass is 10.5. The summed E-state index contributed by atoms with van der Waals surface area (Å²) in [5.74, 6) is 0. The van der Waals surface area contributed by atoms with Crippen molar-refractivity contribution in [3.8, 4) is 0 Å². The zero-order valence-corrected chi connectivity index (χ0v) is 8.36. The zero-order chi connectivity index (χ0) is 8.83. The van der Waals surface area contributed by atoms with Gasteiger partial charge in [-0.25, -0.2) is 0 Å². The summed E-state index contributed by atoms with van der Waals surface area (Å²) < 4.78 is 0. The Bertz CT molecular complexity index is 34.0. The van der Waals surface area contributed by atoms with Crippen LogP contribution >= 0.6 is 0 Å². The van der Waals surface area contributed by atoms with Gasteiger partial charge in [0, 0.05) is 7.05 Å². The van der Waals surface area contributed by atoms with Gasteiger partial charge < -0.3 is 5.32 Å². The van der Waals surface area contributed by atoms with Crippen LogP contribution in [-0.2, 0) is 0 Å². The molecule has 0 fully saturated rings. The Kier molecular flexibility index (Phi) is 63.0. The van der Waals surface area contributed by atoms with Crippen LogP contribution in [0.15, 0.2) is 12.3 Å². The monoisotopic (exact) mass is 145 g/mol. The third-order valence-corrected chi connectivity index (χ3v) is 0.520. The van der Waals surface area contributed by atoms with Crippen LogP contribution in [0.1, 0.15) is 41.0 Å². The topological polar surface area (TPSA) is 12.0 Å². The van der Waals surface area contributed by atoms with E-state index < -0.39 is 0 Å². The Balaban J connectivity index is -0.000000105. The summed E-state index contributed by atoms with van der Waals surface area (Å²) in [5, 5.41) is 2.89. The zero-order valence-electron chi connectivity index (χ0n) is 8.36. The molecule has 0 aliphatic carbocycles. The van der Waals surface area contributed by atoms with Gasteiger partial charge in [-0.3, -0.25) is 0 Å². The second-order valence-corrected chi connectivity index (χ2v) is 1.10. The second-order valence-electron chi connectivity index (χ2n) is 1.10. The average molecular weight is 145 g/mol. The predicted molar refractivity (Wildman–Crippen MR) is 51.2 cm³/mol. The van der Waals surface area contributed by atoms with E-state index in [4.69, 9.17) is 0 Å². The van der Waals surface area contributed by atoms with Crippen LogP contribution in [0.4, 0.5) is 0 Å². The van der Waals surface area contributed by atoms with Crippen LogP contribution in [-0.4, -0.2) is 7.05 Å². The summed E-state index contributed by atoms with van der Waals surface area (Å²) in [5.41, 5.74) is 0. The van der Waals surface area contributed by atoms with Gasteiger partial charge >= 0.3 is 0 Å². The predicted octanol–water partition coefficient (Wildman–Crippen LogP) is 3.18. The van der Waals surface area contributed by atoms with Crippen LogP contribution in [0, 0.1) is 0 Å². The van der Waals surface area contributed by atoms with Crippen LogP contribution < -0.4 is 5.32 Å². The molecule has 0 saturated carbocycles. The first-order valence-electron chi connectivity index (χ1n) is 4.24. The summed E-state index contributed by atoms with van der Waals surface area (Å²) in [4.78, 5) is 0. The van der Waals surface area contributed by atoms with Gasteiger partial charge in [-0.05, 0) is 12.6 Å². The first-order valence-corrected chi connectivity index (χ1v) is 4.24. The molecular weight excluding hydrogens is 122 g/mol. The Hall–Kier alpha value is -0.460. The lowest BCUT2D eigenvalue weighted by molar-refractivity contribution is 1.07. The highest BCUT2D eigenvalue weighted by Crippen LogP contribution is 1.72. The Morgan fingerprint density at radius 3 is 1.60 bits per heavy atom. The summed E-state index contributed by atoms with van der Waals surface area (Å²) >= 11 is 0. The molecule has 0 unspecified atom stereocenters. The Morgan fingerprint density at radius 1 is 1.10 bits per heavy atom. The van der Waals surface area contributed by atoms with E-state index >= 15 is 0 Å². The molecule has 0 aliphatic rings. The lowest BCUT2D eigenvalue weighted by Crippen LogP contribution is -1.89. The molecule has 0 aliphatic heterocycles.